The predicted molar refractivity (Wildman–Crippen MR) is 101 cm³/mol. The quantitative estimate of drug-likeness (QED) is 0.790. The number of methoxy groups -OCH3 is 1. The van der Waals surface area contributed by atoms with E-state index in [2.05, 4.69) is 15.6 Å². The Morgan fingerprint density at radius 3 is 2.58 bits per heavy atom. The van der Waals surface area contributed by atoms with Crippen molar-refractivity contribution in [2.45, 2.75) is 32.1 Å². The number of carbonyl (C=O) groups is 2. The highest BCUT2D eigenvalue weighted by Gasteiger charge is 2.21. The highest BCUT2D eigenvalue weighted by molar-refractivity contribution is 5.92. The molecule has 1 fully saturated rings. The number of aromatic nitrogens is 1. The molecule has 0 unspecified atom stereocenters. The van der Waals surface area contributed by atoms with Gasteiger partial charge in [0.25, 0.3) is 0 Å². The molecule has 1 saturated carbocycles. The van der Waals surface area contributed by atoms with Crippen LogP contribution in [0.3, 0.4) is 0 Å². The van der Waals surface area contributed by atoms with Crippen LogP contribution in [0.4, 0.5) is 17.2 Å². The lowest BCUT2D eigenvalue weighted by Crippen LogP contribution is -2.24. The molecule has 136 valence electrons. The smallest absolute Gasteiger partial charge is 0.337 e. The van der Waals surface area contributed by atoms with Crippen LogP contribution in [0.15, 0.2) is 42.6 Å². The Balaban J connectivity index is 1.61. The Kier molecular flexibility index (Phi) is 5.84. The lowest BCUT2D eigenvalue weighted by Gasteiger charge is -2.20. The summed E-state index contributed by atoms with van der Waals surface area (Å²) in [7, 11) is 1.35. The molecule has 1 aliphatic rings. The molecule has 2 N–H and O–H groups in total. The number of hydrogen-bond donors (Lipinski definition) is 2. The molecule has 0 radical (unpaired) electrons. The van der Waals surface area contributed by atoms with Crippen LogP contribution in [0.2, 0.25) is 0 Å². The van der Waals surface area contributed by atoms with Crippen molar-refractivity contribution in [3.05, 3.63) is 48.2 Å². The number of benzene rings is 1. The van der Waals surface area contributed by atoms with Gasteiger partial charge in [0.1, 0.15) is 5.82 Å². The van der Waals surface area contributed by atoms with Crippen LogP contribution in [0.1, 0.15) is 42.5 Å². The van der Waals surface area contributed by atoms with Crippen LogP contribution in [0, 0.1) is 5.92 Å². The van der Waals surface area contributed by atoms with Crippen LogP contribution in [0.25, 0.3) is 0 Å². The highest BCUT2D eigenvalue weighted by atomic mass is 16.5. The van der Waals surface area contributed by atoms with Gasteiger partial charge in [-0.05, 0) is 43.2 Å². The SMILES string of the molecule is COC(=O)c1cccc(Nc2ccc(NC(=O)C3CCCCC3)cn2)c1. The zero-order valence-electron chi connectivity index (χ0n) is 14.8. The first kappa shape index (κ1) is 17.9. The van der Waals surface area contributed by atoms with Gasteiger partial charge in [-0.1, -0.05) is 25.3 Å². The predicted octanol–water partition coefficient (Wildman–Crippen LogP) is 4.13. The van der Waals surface area contributed by atoms with Crippen molar-refractivity contribution in [1.82, 2.24) is 4.98 Å². The molecular weight excluding hydrogens is 330 g/mol. The summed E-state index contributed by atoms with van der Waals surface area (Å²) in [4.78, 5) is 28.2. The molecule has 6 nitrogen and oxygen atoms in total. The van der Waals surface area contributed by atoms with Gasteiger partial charge in [0.15, 0.2) is 0 Å². The van der Waals surface area contributed by atoms with Gasteiger partial charge >= 0.3 is 5.97 Å². The Morgan fingerprint density at radius 1 is 1.08 bits per heavy atom. The highest BCUT2D eigenvalue weighted by Crippen LogP contribution is 2.25. The first-order valence-corrected chi connectivity index (χ1v) is 8.88. The molecule has 0 saturated heterocycles. The van der Waals surface area contributed by atoms with E-state index in [4.69, 9.17) is 4.74 Å². The van der Waals surface area contributed by atoms with Gasteiger partial charge in [-0.25, -0.2) is 9.78 Å². The Morgan fingerprint density at radius 2 is 1.88 bits per heavy atom. The molecular formula is C20H23N3O3. The minimum atomic E-state index is -0.387. The van der Waals surface area contributed by atoms with Crippen molar-refractivity contribution < 1.29 is 14.3 Å². The van der Waals surface area contributed by atoms with Crippen LogP contribution in [-0.4, -0.2) is 24.0 Å². The molecule has 26 heavy (non-hydrogen) atoms. The summed E-state index contributed by atoms with van der Waals surface area (Å²) in [5, 5.41) is 6.08. The molecule has 3 rings (SSSR count). The molecule has 2 aromatic rings. The van der Waals surface area contributed by atoms with Crippen molar-refractivity contribution >= 4 is 29.1 Å². The summed E-state index contributed by atoms with van der Waals surface area (Å²) in [6.07, 6.45) is 7.05. The molecule has 1 heterocycles. The molecule has 0 spiro atoms. The summed E-state index contributed by atoms with van der Waals surface area (Å²) in [5.74, 6) is 0.436. The average molecular weight is 353 g/mol. The fourth-order valence-electron chi connectivity index (χ4n) is 3.14. The van der Waals surface area contributed by atoms with E-state index in [1.54, 1.807) is 30.5 Å². The molecule has 1 amide bonds. The second-order valence-corrected chi connectivity index (χ2v) is 6.45. The van der Waals surface area contributed by atoms with Crippen LogP contribution < -0.4 is 10.6 Å². The summed E-state index contributed by atoms with van der Waals surface area (Å²) >= 11 is 0. The van der Waals surface area contributed by atoms with E-state index in [1.807, 2.05) is 12.1 Å². The molecule has 0 atom stereocenters. The van der Waals surface area contributed by atoms with E-state index < -0.39 is 0 Å². The topological polar surface area (TPSA) is 80.3 Å². The fourth-order valence-corrected chi connectivity index (χ4v) is 3.14. The summed E-state index contributed by atoms with van der Waals surface area (Å²) in [6, 6.07) is 10.6. The van der Waals surface area contributed by atoms with E-state index in [9.17, 15) is 9.59 Å². The number of nitrogens with one attached hydrogen (secondary N) is 2. The first-order valence-electron chi connectivity index (χ1n) is 8.88. The van der Waals surface area contributed by atoms with Gasteiger partial charge in [-0.15, -0.1) is 0 Å². The second kappa shape index (κ2) is 8.47. The summed E-state index contributed by atoms with van der Waals surface area (Å²) in [6.45, 7) is 0. The van der Waals surface area contributed by atoms with E-state index in [1.165, 1.54) is 13.5 Å². The number of esters is 1. The molecule has 1 aliphatic carbocycles. The second-order valence-electron chi connectivity index (χ2n) is 6.45. The minimum absolute atomic E-state index is 0.0815. The van der Waals surface area contributed by atoms with E-state index in [-0.39, 0.29) is 17.8 Å². The number of amides is 1. The molecule has 6 heteroatoms. The van der Waals surface area contributed by atoms with Gasteiger partial charge in [-0.3, -0.25) is 4.79 Å². The van der Waals surface area contributed by atoms with Crippen molar-refractivity contribution in [3.63, 3.8) is 0 Å². The zero-order valence-corrected chi connectivity index (χ0v) is 14.8. The van der Waals surface area contributed by atoms with E-state index in [0.29, 0.717) is 17.1 Å². The molecule has 1 aromatic carbocycles. The standard InChI is InChI=1S/C20H23N3O3/c1-26-20(25)15-8-5-9-16(12-15)22-18-11-10-17(13-21-18)23-19(24)14-6-3-2-4-7-14/h5,8-14H,2-4,6-7H2,1H3,(H,21,22)(H,23,24). The first-order chi connectivity index (χ1) is 12.7. The Bertz CT molecular complexity index is 768. The Labute approximate surface area is 153 Å². The van der Waals surface area contributed by atoms with E-state index in [0.717, 1.165) is 31.4 Å². The normalized spacial score (nSPS) is 14.5. The van der Waals surface area contributed by atoms with Crippen LogP contribution >= 0.6 is 0 Å². The fraction of sp³-hybridized carbons (Fsp3) is 0.350. The number of anilines is 3. The number of carbonyl (C=O) groups excluding carboxylic acids is 2. The van der Waals surface area contributed by atoms with Crippen LogP contribution in [-0.2, 0) is 9.53 Å². The maximum absolute atomic E-state index is 12.3. The summed E-state index contributed by atoms with van der Waals surface area (Å²) in [5.41, 5.74) is 1.89. The number of nitrogens with zero attached hydrogens (tertiary/aromatic N) is 1. The number of rotatable bonds is 5. The van der Waals surface area contributed by atoms with Gasteiger partial charge in [-0.2, -0.15) is 0 Å². The van der Waals surface area contributed by atoms with E-state index >= 15 is 0 Å². The maximum atomic E-state index is 12.3. The lowest BCUT2D eigenvalue weighted by atomic mass is 9.88. The number of pyridine rings is 1. The number of ether oxygens (including phenoxy) is 1. The average Bonchev–Trinajstić information content (AvgIpc) is 2.69. The zero-order chi connectivity index (χ0) is 18.4. The third kappa shape index (κ3) is 4.59. The molecule has 0 aliphatic heterocycles. The largest absolute Gasteiger partial charge is 0.465 e. The minimum Gasteiger partial charge on any atom is -0.465 e. The monoisotopic (exact) mass is 353 g/mol. The summed E-state index contributed by atoms with van der Waals surface area (Å²) < 4.78 is 4.72. The lowest BCUT2D eigenvalue weighted by molar-refractivity contribution is -0.120. The van der Waals surface area contributed by atoms with Gasteiger partial charge in [0.05, 0.1) is 24.6 Å². The van der Waals surface area contributed by atoms with Gasteiger partial charge < -0.3 is 15.4 Å². The van der Waals surface area contributed by atoms with Gasteiger partial charge in [0.2, 0.25) is 5.91 Å². The molecule has 0 bridgehead atoms. The van der Waals surface area contributed by atoms with Crippen molar-refractivity contribution in [2.75, 3.05) is 17.7 Å². The van der Waals surface area contributed by atoms with Crippen LogP contribution in [0.5, 0.6) is 0 Å². The third-order valence-corrected chi connectivity index (χ3v) is 4.56. The molecule has 1 aromatic heterocycles. The van der Waals surface area contributed by atoms with Crippen molar-refractivity contribution in [3.8, 4) is 0 Å². The number of hydrogen-bond acceptors (Lipinski definition) is 5. The maximum Gasteiger partial charge on any atom is 0.337 e. The van der Waals surface area contributed by atoms with Crippen molar-refractivity contribution in [1.29, 1.82) is 0 Å². The van der Waals surface area contributed by atoms with Crippen molar-refractivity contribution in [2.24, 2.45) is 5.92 Å². The van der Waals surface area contributed by atoms with Gasteiger partial charge in [0, 0.05) is 11.6 Å². The third-order valence-electron chi connectivity index (χ3n) is 4.56. The Hall–Kier alpha value is -2.89.